The molecule has 2 aliphatic rings. The highest BCUT2D eigenvalue weighted by atomic mass is 16.3. The van der Waals surface area contributed by atoms with Crippen LogP contribution in [0.15, 0.2) is 22.6 Å². The van der Waals surface area contributed by atoms with E-state index >= 15 is 0 Å². The van der Waals surface area contributed by atoms with Crippen molar-refractivity contribution in [2.45, 2.75) is 44.1 Å². The fourth-order valence-corrected chi connectivity index (χ4v) is 2.93. The Morgan fingerprint density at radius 2 is 2.28 bits per heavy atom. The minimum Gasteiger partial charge on any atom is -0.440 e. The molecular weight excluding hydrogens is 224 g/mol. The van der Waals surface area contributed by atoms with Crippen molar-refractivity contribution in [3.63, 3.8) is 0 Å². The average molecular weight is 242 g/mol. The first-order valence-corrected chi connectivity index (χ1v) is 6.91. The maximum Gasteiger partial charge on any atom is 0.198 e. The van der Waals surface area contributed by atoms with Crippen LogP contribution in [0.5, 0.6) is 0 Å². The molecule has 1 aromatic heterocycles. The Balaban J connectivity index is 1.78. The molecule has 0 bridgehead atoms. The summed E-state index contributed by atoms with van der Waals surface area (Å²) >= 11 is 0. The number of nitrogens with zero attached hydrogens (tertiary/aromatic N) is 1. The van der Waals surface area contributed by atoms with E-state index in [2.05, 4.69) is 35.4 Å². The molecule has 1 aliphatic heterocycles. The van der Waals surface area contributed by atoms with Gasteiger partial charge < -0.3 is 9.73 Å². The first kappa shape index (κ1) is 10.6. The maximum atomic E-state index is 5.81. The van der Waals surface area contributed by atoms with Crippen LogP contribution < -0.4 is 5.32 Å². The molecule has 1 N–H and O–H groups in total. The van der Waals surface area contributed by atoms with E-state index in [9.17, 15) is 0 Å². The number of fused-ring (bicyclic) bond motifs is 1. The number of oxazole rings is 1. The summed E-state index contributed by atoms with van der Waals surface area (Å²) < 4.78 is 5.81. The molecule has 3 nitrogen and oxygen atoms in total. The van der Waals surface area contributed by atoms with Crippen LogP contribution in [-0.4, -0.2) is 11.5 Å². The summed E-state index contributed by atoms with van der Waals surface area (Å²) in [5, 5.41) is 3.60. The fraction of sp³-hybridized carbons (Fsp3) is 0.533. The van der Waals surface area contributed by atoms with E-state index in [1.165, 1.54) is 31.2 Å². The standard InChI is InChI=1S/C15H18N2O/c1-15(7-2-8-16-15)11-5-6-13-12(9-11)17-14(18-13)10-3-4-10/h5-6,9-10,16H,2-4,7-8H2,1H3. The van der Waals surface area contributed by atoms with Gasteiger partial charge in [-0.2, -0.15) is 0 Å². The molecule has 0 radical (unpaired) electrons. The van der Waals surface area contributed by atoms with Gasteiger partial charge in [0.2, 0.25) is 0 Å². The Labute approximate surface area is 107 Å². The van der Waals surface area contributed by atoms with Crippen LogP contribution in [0.2, 0.25) is 0 Å². The number of nitrogens with one attached hydrogen (secondary N) is 1. The van der Waals surface area contributed by atoms with Gasteiger partial charge in [0.05, 0.1) is 0 Å². The number of hydrogen-bond acceptors (Lipinski definition) is 3. The molecule has 0 spiro atoms. The molecule has 1 saturated heterocycles. The first-order valence-electron chi connectivity index (χ1n) is 6.91. The van der Waals surface area contributed by atoms with Gasteiger partial charge in [-0.15, -0.1) is 0 Å². The van der Waals surface area contributed by atoms with E-state index in [0.29, 0.717) is 5.92 Å². The monoisotopic (exact) mass is 242 g/mol. The SMILES string of the molecule is CC1(c2ccc3oc(C4CC4)nc3c2)CCCN1. The van der Waals surface area contributed by atoms with Crippen LogP contribution in [0.25, 0.3) is 11.1 Å². The topological polar surface area (TPSA) is 38.1 Å². The van der Waals surface area contributed by atoms with Crippen molar-refractivity contribution in [3.8, 4) is 0 Å². The quantitative estimate of drug-likeness (QED) is 0.878. The highest BCUT2D eigenvalue weighted by Crippen LogP contribution is 2.41. The summed E-state index contributed by atoms with van der Waals surface area (Å²) in [7, 11) is 0. The Morgan fingerprint density at radius 3 is 3.00 bits per heavy atom. The van der Waals surface area contributed by atoms with Gasteiger partial charge >= 0.3 is 0 Å². The Bertz CT molecular complexity index is 592. The number of rotatable bonds is 2. The van der Waals surface area contributed by atoms with Crippen molar-refractivity contribution in [2.75, 3.05) is 6.54 Å². The van der Waals surface area contributed by atoms with Crippen LogP contribution in [-0.2, 0) is 5.54 Å². The Kier molecular flexibility index (Phi) is 2.10. The first-order chi connectivity index (χ1) is 8.74. The van der Waals surface area contributed by atoms with Gasteiger partial charge in [0.25, 0.3) is 0 Å². The van der Waals surface area contributed by atoms with Crippen LogP contribution in [0.1, 0.15) is 50.0 Å². The van der Waals surface area contributed by atoms with Crippen LogP contribution in [0, 0.1) is 0 Å². The minimum atomic E-state index is 0.118. The van der Waals surface area contributed by atoms with Crippen molar-refractivity contribution in [2.24, 2.45) is 0 Å². The fourth-order valence-electron chi connectivity index (χ4n) is 2.93. The largest absolute Gasteiger partial charge is 0.440 e. The smallest absolute Gasteiger partial charge is 0.198 e. The molecule has 1 aromatic carbocycles. The van der Waals surface area contributed by atoms with Crippen molar-refractivity contribution >= 4 is 11.1 Å². The van der Waals surface area contributed by atoms with Crippen molar-refractivity contribution in [1.29, 1.82) is 0 Å². The van der Waals surface area contributed by atoms with E-state index in [0.717, 1.165) is 23.5 Å². The second kappa shape index (κ2) is 3.58. The highest BCUT2D eigenvalue weighted by molar-refractivity contribution is 5.74. The summed E-state index contributed by atoms with van der Waals surface area (Å²) in [5.41, 5.74) is 3.40. The lowest BCUT2D eigenvalue weighted by atomic mass is 9.90. The molecule has 1 atom stereocenters. The predicted molar refractivity (Wildman–Crippen MR) is 70.6 cm³/mol. The van der Waals surface area contributed by atoms with Gasteiger partial charge in [0, 0.05) is 11.5 Å². The number of aromatic nitrogens is 1. The van der Waals surface area contributed by atoms with Crippen LogP contribution in [0.3, 0.4) is 0 Å². The molecule has 1 unspecified atom stereocenters. The van der Waals surface area contributed by atoms with E-state index in [4.69, 9.17) is 4.42 Å². The maximum absolute atomic E-state index is 5.81. The molecular formula is C15H18N2O. The Hall–Kier alpha value is -1.35. The summed E-state index contributed by atoms with van der Waals surface area (Å²) in [6, 6.07) is 6.46. The zero-order valence-corrected chi connectivity index (χ0v) is 10.7. The number of benzene rings is 1. The van der Waals surface area contributed by atoms with Gasteiger partial charge in [-0.05, 0) is 56.8 Å². The molecule has 2 fully saturated rings. The van der Waals surface area contributed by atoms with Crippen molar-refractivity contribution in [1.82, 2.24) is 10.3 Å². The second-order valence-corrected chi connectivity index (χ2v) is 5.87. The molecule has 2 aromatic rings. The molecule has 0 amide bonds. The van der Waals surface area contributed by atoms with Crippen LogP contribution in [0.4, 0.5) is 0 Å². The molecule has 2 heterocycles. The summed E-state index contributed by atoms with van der Waals surface area (Å²) in [4.78, 5) is 4.64. The summed E-state index contributed by atoms with van der Waals surface area (Å²) in [5.74, 6) is 1.52. The third kappa shape index (κ3) is 1.57. The van der Waals surface area contributed by atoms with Crippen LogP contribution >= 0.6 is 0 Å². The van der Waals surface area contributed by atoms with E-state index < -0.39 is 0 Å². The zero-order chi connectivity index (χ0) is 12.2. The molecule has 4 rings (SSSR count). The molecule has 94 valence electrons. The second-order valence-electron chi connectivity index (χ2n) is 5.87. The molecule has 1 saturated carbocycles. The van der Waals surface area contributed by atoms with E-state index in [1.807, 2.05) is 0 Å². The average Bonchev–Trinajstić information content (AvgIpc) is 2.99. The summed E-state index contributed by atoms with van der Waals surface area (Å²) in [6.45, 7) is 3.39. The lowest BCUT2D eigenvalue weighted by Gasteiger charge is -2.24. The van der Waals surface area contributed by atoms with Gasteiger partial charge in [0.1, 0.15) is 5.52 Å². The van der Waals surface area contributed by atoms with Gasteiger partial charge in [0.15, 0.2) is 11.5 Å². The third-order valence-electron chi connectivity index (χ3n) is 4.34. The van der Waals surface area contributed by atoms with Gasteiger partial charge in [-0.3, -0.25) is 0 Å². The third-order valence-corrected chi connectivity index (χ3v) is 4.34. The van der Waals surface area contributed by atoms with E-state index in [-0.39, 0.29) is 5.54 Å². The minimum absolute atomic E-state index is 0.118. The summed E-state index contributed by atoms with van der Waals surface area (Å²) in [6.07, 6.45) is 4.92. The zero-order valence-electron chi connectivity index (χ0n) is 10.7. The van der Waals surface area contributed by atoms with Gasteiger partial charge in [-0.1, -0.05) is 6.07 Å². The highest BCUT2D eigenvalue weighted by Gasteiger charge is 2.31. The lowest BCUT2D eigenvalue weighted by molar-refractivity contribution is 0.435. The lowest BCUT2D eigenvalue weighted by Crippen LogP contribution is -2.32. The van der Waals surface area contributed by atoms with Crippen molar-refractivity contribution < 1.29 is 4.42 Å². The Morgan fingerprint density at radius 1 is 1.39 bits per heavy atom. The normalized spacial score (nSPS) is 28.1. The molecule has 18 heavy (non-hydrogen) atoms. The van der Waals surface area contributed by atoms with E-state index in [1.54, 1.807) is 0 Å². The molecule has 1 aliphatic carbocycles. The van der Waals surface area contributed by atoms with Crippen molar-refractivity contribution in [3.05, 3.63) is 29.7 Å². The molecule has 3 heteroatoms. The number of hydrogen-bond donors (Lipinski definition) is 1. The predicted octanol–water partition coefficient (Wildman–Crippen LogP) is 3.30. The van der Waals surface area contributed by atoms with Gasteiger partial charge in [-0.25, -0.2) is 4.98 Å².